The molecule has 1 saturated heterocycles. The Morgan fingerprint density at radius 2 is 1.81 bits per heavy atom. The van der Waals surface area contributed by atoms with Gasteiger partial charge in [-0.3, -0.25) is 9.48 Å². The Morgan fingerprint density at radius 3 is 2.58 bits per heavy atom. The van der Waals surface area contributed by atoms with E-state index in [1.165, 1.54) is 37.7 Å². The van der Waals surface area contributed by atoms with Crippen LogP contribution in [0.15, 0.2) is 30.3 Å². The lowest BCUT2D eigenvalue weighted by molar-refractivity contribution is 0.0519. The van der Waals surface area contributed by atoms with Gasteiger partial charge in [-0.05, 0) is 44.1 Å². The summed E-state index contributed by atoms with van der Waals surface area (Å²) in [6.07, 6.45) is 6.53. The van der Waals surface area contributed by atoms with Gasteiger partial charge in [0, 0.05) is 18.8 Å². The van der Waals surface area contributed by atoms with Crippen LogP contribution in [0.2, 0.25) is 0 Å². The lowest BCUT2D eigenvalue weighted by Gasteiger charge is -2.41. The van der Waals surface area contributed by atoms with Gasteiger partial charge in [0.05, 0.1) is 17.8 Å². The Labute approximate surface area is 156 Å². The van der Waals surface area contributed by atoms with Crippen LogP contribution in [0.5, 0.6) is 0 Å². The van der Waals surface area contributed by atoms with Crippen LogP contribution < -0.4 is 0 Å². The maximum Gasteiger partial charge on any atom is 0.257 e. The third kappa shape index (κ3) is 3.29. The first-order chi connectivity index (χ1) is 12.6. The molecule has 138 valence electrons. The first-order valence-electron chi connectivity index (χ1n) is 10.0. The molecular formula is C22H29N3O. The smallest absolute Gasteiger partial charge is 0.257 e. The molecule has 26 heavy (non-hydrogen) atoms. The maximum atomic E-state index is 13.3. The standard InChI is InChI=1S/C22H29N3O/c1-16-21(17(2)25(23-16)14-18-8-4-3-5-9-18)22(26)24-13-12-19-10-6-7-11-20(19)15-24/h3-5,8-9,19-20H,6-7,10-15H2,1-2H3/t19-,20+/m0/s1. The van der Waals surface area contributed by atoms with Crippen molar-refractivity contribution in [2.45, 2.75) is 52.5 Å². The summed E-state index contributed by atoms with van der Waals surface area (Å²) in [7, 11) is 0. The minimum Gasteiger partial charge on any atom is -0.338 e. The van der Waals surface area contributed by atoms with E-state index in [2.05, 4.69) is 22.1 Å². The Morgan fingerprint density at radius 1 is 1.08 bits per heavy atom. The van der Waals surface area contributed by atoms with Gasteiger partial charge in [-0.15, -0.1) is 0 Å². The van der Waals surface area contributed by atoms with Crippen LogP contribution in [0, 0.1) is 25.7 Å². The largest absolute Gasteiger partial charge is 0.338 e. The molecule has 4 heteroatoms. The normalized spacial score (nSPS) is 22.9. The summed E-state index contributed by atoms with van der Waals surface area (Å²) >= 11 is 0. The first-order valence-corrected chi connectivity index (χ1v) is 10.0. The van der Waals surface area contributed by atoms with Crippen molar-refractivity contribution in [1.82, 2.24) is 14.7 Å². The molecule has 1 aromatic heterocycles. The van der Waals surface area contributed by atoms with E-state index in [4.69, 9.17) is 0 Å². The van der Waals surface area contributed by atoms with Crippen LogP contribution in [0.4, 0.5) is 0 Å². The Balaban J connectivity index is 1.53. The molecule has 2 heterocycles. The molecule has 0 N–H and O–H groups in total. The van der Waals surface area contributed by atoms with Gasteiger partial charge in [0.15, 0.2) is 0 Å². The van der Waals surface area contributed by atoms with Gasteiger partial charge in [0.1, 0.15) is 0 Å². The molecule has 2 aliphatic rings. The Kier molecular flexibility index (Phi) is 4.84. The molecule has 2 aromatic rings. The van der Waals surface area contributed by atoms with E-state index >= 15 is 0 Å². The first kappa shape index (κ1) is 17.3. The number of piperidine rings is 1. The van der Waals surface area contributed by atoms with E-state index < -0.39 is 0 Å². The highest BCUT2D eigenvalue weighted by atomic mass is 16.2. The van der Waals surface area contributed by atoms with Crippen LogP contribution >= 0.6 is 0 Å². The van der Waals surface area contributed by atoms with Gasteiger partial charge in [-0.25, -0.2) is 0 Å². The number of carbonyl (C=O) groups excluding carboxylic acids is 1. The van der Waals surface area contributed by atoms with Crippen molar-refractivity contribution in [2.24, 2.45) is 11.8 Å². The van der Waals surface area contributed by atoms with Crippen LogP contribution in [0.1, 0.15) is 59.4 Å². The summed E-state index contributed by atoms with van der Waals surface area (Å²) in [5.74, 6) is 1.74. The third-order valence-electron chi connectivity index (χ3n) is 6.35. The average Bonchev–Trinajstić information content (AvgIpc) is 2.95. The molecule has 1 amide bonds. The molecule has 0 radical (unpaired) electrons. The van der Waals surface area contributed by atoms with Gasteiger partial charge in [0.25, 0.3) is 5.91 Å². The average molecular weight is 351 g/mol. The van der Waals surface area contributed by atoms with Gasteiger partial charge < -0.3 is 4.90 Å². The lowest BCUT2D eigenvalue weighted by Crippen LogP contribution is -2.45. The van der Waals surface area contributed by atoms with E-state index in [1.54, 1.807) is 0 Å². The van der Waals surface area contributed by atoms with Crippen molar-refractivity contribution >= 4 is 5.91 Å². The monoisotopic (exact) mass is 351 g/mol. The Hall–Kier alpha value is -2.10. The van der Waals surface area contributed by atoms with Gasteiger partial charge in [0.2, 0.25) is 0 Å². The van der Waals surface area contributed by atoms with E-state index in [0.29, 0.717) is 12.5 Å². The maximum absolute atomic E-state index is 13.3. The number of carbonyl (C=O) groups is 1. The minimum atomic E-state index is 0.184. The van der Waals surface area contributed by atoms with Crippen molar-refractivity contribution < 1.29 is 4.79 Å². The summed E-state index contributed by atoms with van der Waals surface area (Å²) in [5.41, 5.74) is 3.87. The molecular weight excluding hydrogens is 322 g/mol. The van der Waals surface area contributed by atoms with Crippen LogP contribution in [-0.2, 0) is 6.54 Å². The van der Waals surface area contributed by atoms with Crippen LogP contribution in [-0.4, -0.2) is 33.7 Å². The fourth-order valence-corrected chi connectivity index (χ4v) is 4.86. The zero-order valence-corrected chi connectivity index (χ0v) is 15.9. The molecule has 1 saturated carbocycles. The number of nitrogens with zero attached hydrogens (tertiary/aromatic N) is 3. The fraction of sp³-hybridized carbons (Fsp3) is 0.545. The second-order valence-electron chi connectivity index (χ2n) is 8.03. The summed E-state index contributed by atoms with van der Waals surface area (Å²) in [6.45, 7) is 6.55. The summed E-state index contributed by atoms with van der Waals surface area (Å²) in [4.78, 5) is 15.3. The number of amides is 1. The highest BCUT2D eigenvalue weighted by Gasteiger charge is 2.34. The molecule has 2 atom stereocenters. The minimum absolute atomic E-state index is 0.184. The number of fused-ring (bicyclic) bond motifs is 1. The van der Waals surface area contributed by atoms with E-state index in [0.717, 1.165) is 36.0 Å². The lowest BCUT2D eigenvalue weighted by atomic mass is 9.75. The van der Waals surface area contributed by atoms with Crippen LogP contribution in [0.3, 0.4) is 0 Å². The number of benzene rings is 1. The van der Waals surface area contributed by atoms with Gasteiger partial charge in [-0.1, -0.05) is 49.6 Å². The van der Waals surface area contributed by atoms with Crippen molar-refractivity contribution in [3.8, 4) is 0 Å². The topological polar surface area (TPSA) is 38.1 Å². The van der Waals surface area contributed by atoms with E-state index in [-0.39, 0.29) is 5.91 Å². The fourth-order valence-electron chi connectivity index (χ4n) is 4.86. The SMILES string of the molecule is Cc1nn(Cc2ccccc2)c(C)c1C(=O)N1CC[C@@H]2CCCC[C@@H]2C1. The third-order valence-corrected chi connectivity index (χ3v) is 6.35. The van der Waals surface area contributed by atoms with E-state index in [1.807, 2.05) is 36.7 Å². The van der Waals surface area contributed by atoms with Crippen molar-refractivity contribution in [2.75, 3.05) is 13.1 Å². The molecule has 1 aliphatic heterocycles. The van der Waals surface area contributed by atoms with Crippen molar-refractivity contribution in [3.05, 3.63) is 52.8 Å². The summed E-state index contributed by atoms with van der Waals surface area (Å²) in [6, 6.07) is 10.3. The second-order valence-corrected chi connectivity index (χ2v) is 8.03. The summed E-state index contributed by atoms with van der Waals surface area (Å²) < 4.78 is 1.98. The highest BCUT2D eigenvalue weighted by molar-refractivity contribution is 5.96. The molecule has 2 fully saturated rings. The van der Waals surface area contributed by atoms with Crippen molar-refractivity contribution in [1.29, 1.82) is 0 Å². The zero-order chi connectivity index (χ0) is 18.1. The number of hydrogen-bond donors (Lipinski definition) is 0. The number of aryl methyl sites for hydroxylation is 1. The predicted octanol–water partition coefficient (Wildman–Crippen LogP) is 4.20. The predicted molar refractivity (Wildman–Crippen MR) is 103 cm³/mol. The zero-order valence-electron chi connectivity index (χ0n) is 15.9. The highest BCUT2D eigenvalue weighted by Crippen LogP contribution is 2.36. The van der Waals surface area contributed by atoms with Crippen LogP contribution in [0.25, 0.3) is 0 Å². The molecule has 0 spiro atoms. The Bertz CT molecular complexity index is 780. The number of hydrogen-bond acceptors (Lipinski definition) is 2. The molecule has 0 bridgehead atoms. The van der Waals surface area contributed by atoms with E-state index in [9.17, 15) is 4.79 Å². The number of aromatic nitrogens is 2. The molecule has 1 aromatic carbocycles. The van der Waals surface area contributed by atoms with Gasteiger partial charge in [-0.2, -0.15) is 5.10 Å². The number of likely N-dealkylation sites (tertiary alicyclic amines) is 1. The molecule has 1 aliphatic carbocycles. The molecule has 4 nitrogen and oxygen atoms in total. The second kappa shape index (κ2) is 7.26. The van der Waals surface area contributed by atoms with Gasteiger partial charge >= 0.3 is 0 Å². The number of rotatable bonds is 3. The van der Waals surface area contributed by atoms with Crippen molar-refractivity contribution in [3.63, 3.8) is 0 Å². The quantitative estimate of drug-likeness (QED) is 0.831. The summed E-state index contributed by atoms with van der Waals surface area (Å²) in [5, 5.41) is 4.67. The molecule has 0 unspecified atom stereocenters. The molecule has 4 rings (SSSR count).